The van der Waals surface area contributed by atoms with Crippen molar-refractivity contribution in [2.75, 3.05) is 32.1 Å². The number of imidazole rings is 1. The standard InChI is InChI=1S/C25H34N6O2/c1-16-27-22(17-7-5-4-6-8-17)23-25(32)28-24(29-31(16)23)20-10-9-19(15-21(20)33-3)30-13-11-18(26-2)12-14-30/h9-10,15,17-18,26H,4-8,11-14H2,1-3H3,(H,28,29,32). The lowest BCUT2D eigenvalue weighted by Crippen LogP contribution is -2.41. The number of ether oxygens (including phenoxy) is 1. The molecule has 3 aromatic rings. The van der Waals surface area contributed by atoms with Crippen LogP contribution >= 0.6 is 0 Å². The molecule has 2 fully saturated rings. The van der Waals surface area contributed by atoms with Gasteiger partial charge in [0.05, 0.1) is 18.4 Å². The largest absolute Gasteiger partial charge is 0.496 e. The molecule has 0 bridgehead atoms. The first kappa shape index (κ1) is 21.9. The summed E-state index contributed by atoms with van der Waals surface area (Å²) in [6.45, 7) is 3.94. The highest BCUT2D eigenvalue weighted by Gasteiger charge is 2.25. The predicted octanol–water partition coefficient (Wildman–Crippen LogP) is 3.64. The van der Waals surface area contributed by atoms with E-state index in [-0.39, 0.29) is 5.56 Å². The summed E-state index contributed by atoms with van der Waals surface area (Å²) in [5.41, 5.74) is 3.26. The SMILES string of the molecule is CNC1CCN(c2ccc(-c3nn4c(C)nc(C5CCCCC5)c4c(=O)[nH]3)c(OC)c2)CC1. The second kappa shape index (κ2) is 9.17. The molecule has 1 saturated carbocycles. The maximum atomic E-state index is 13.2. The Balaban J connectivity index is 1.50. The third-order valence-corrected chi connectivity index (χ3v) is 7.39. The van der Waals surface area contributed by atoms with E-state index in [2.05, 4.69) is 21.3 Å². The Hall–Kier alpha value is -2.87. The Morgan fingerprint density at radius 1 is 1.12 bits per heavy atom. The molecule has 0 unspecified atom stereocenters. The highest BCUT2D eigenvalue weighted by molar-refractivity contribution is 5.70. The number of fused-ring (bicyclic) bond motifs is 1. The fourth-order valence-corrected chi connectivity index (χ4v) is 5.45. The summed E-state index contributed by atoms with van der Waals surface area (Å²) >= 11 is 0. The molecule has 0 atom stereocenters. The van der Waals surface area contributed by atoms with Crippen LogP contribution in [0.1, 0.15) is 62.4 Å². The van der Waals surface area contributed by atoms with Gasteiger partial charge in [0, 0.05) is 36.8 Å². The normalized spacial score (nSPS) is 18.2. The average Bonchev–Trinajstić information content (AvgIpc) is 3.21. The Morgan fingerprint density at radius 3 is 2.58 bits per heavy atom. The lowest BCUT2D eigenvalue weighted by Gasteiger charge is -2.33. The summed E-state index contributed by atoms with van der Waals surface area (Å²) in [4.78, 5) is 23.4. The van der Waals surface area contributed by atoms with Gasteiger partial charge in [0.15, 0.2) is 11.3 Å². The van der Waals surface area contributed by atoms with Gasteiger partial charge in [0.1, 0.15) is 11.6 Å². The van der Waals surface area contributed by atoms with Crippen molar-refractivity contribution in [3.8, 4) is 17.1 Å². The molecule has 8 heteroatoms. The molecule has 2 aliphatic rings. The van der Waals surface area contributed by atoms with Gasteiger partial charge < -0.3 is 19.9 Å². The maximum Gasteiger partial charge on any atom is 0.277 e. The van der Waals surface area contributed by atoms with E-state index in [1.165, 1.54) is 19.3 Å². The van der Waals surface area contributed by atoms with Crippen molar-refractivity contribution < 1.29 is 4.74 Å². The van der Waals surface area contributed by atoms with Gasteiger partial charge in [-0.3, -0.25) is 4.79 Å². The number of aromatic nitrogens is 4. The van der Waals surface area contributed by atoms with Crippen LogP contribution < -0.4 is 20.5 Å². The van der Waals surface area contributed by atoms with Gasteiger partial charge in [-0.2, -0.15) is 0 Å². The van der Waals surface area contributed by atoms with E-state index in [0.717, 1.165) is 61.5 Å². The molecule has 1 aromatic carbocycles. The summed E-state index contributed by atoms with van der Waals surface area (Å²) in [7, 11) is 3.69. The van der Waals surface area contributed by atoms with Gasteiger partial charge in [-0.05, 0) is 51.8 Å². The minimum Gasteiger partial charge on any atom is -0.496 e. The van der Waals surface area contributed by atoms with E-state index >= 15 is 0 Å². The lowest BCUT2D eigenvalue weighted by atomic mass is 9.87. The average molecular weight is 451 g/mol. The van der Waals surface area contributed by atoms with Crippen molar-refractivity contribution >= 4 is 11.2 Å². The highest BCUT2D eigenvalue weighted by atomic mass is 16.5. The smallest absolute Gasteiger partial charge is 0.277 e. The fraction of sp³-hybridized carbons (Fsp3) is 0.560. The molecule has 0 spiro atoms. The van der Waals surface area contributed by atoms with Gasteiger partial charge in [-0.15, -0.1) is 5.10 Å². The number of H-pyrrole nitrogens is 1. The lowest BCUT2D eigenvalue weighted by molar-refractivity contribution is 0.414. The zero-order valence-electron chi connectivity index (χ0n) is 19.9. The Labute approximate surface area is 194 Å². The van der Waals surface area contributed by atoms with E-state index in [0.29, 0.717) is 29.1 Å². The number of aromatic amines is 1. The number of aryl methyl sites for hydroxylation is 1. The molecule has 0 radical (unpaired) electrons. The number of piperidine rings is 1. The fourth-order valence-electron chi connectivity index (χ4n) is 5.45. The first-order valence-corrected chi connectivity index (χ1v) is 12.2. The Kier molecular flexibility index (Phi) is 6.10. The number of nitrogens with zero attached hydrogens (tertiary/aromatic N) is 4. The number of benzene rings is 1. The number of hydrogen-bond donors (Lipinski definition) is 2. The first-order chi connectivity index (χ1) is 16.1. The second-order valence-corrected chi connectivity index (χ2v) is 9.38. The zero-order valence-corrected chi connectivity index (χ0v) is 19.9. The van der Waals surface area contributed by atoms with Crippen molar-refractivity contribution in [3.63, 3.8) is 0 Å². The topological polar surface area (TPSA) is 87.5 Å². The first-order valence-electron chi connectivity index (χ1n) is 12.2. The predicted molar refractivity (Wildman–Crippen MR) is 130 cm³/mol. The van der Waals surface area contributed by atoms with Gasteiger partial charge in [-0.25, -0.2) is 9.50 Å². The number of hydrogen-bond acceptors (Lipinski definition) is 6. The van der Waals surface area contributed by atoms with Gasteiger partial charge in [0.2, 0.25) is 0 Å². The number of methoxy groups -OCH3 is 1. The van der Waals surface area contributed by atoms with Crippen LogP contribution in [0, 0.1) is 6.92 Å². The van der Waals surface area contributed by atoms with E-state index in [1.54, 1.807) is 11.6 Å². The van der Waals surface area contributed by atoms with Crippen LogP contribution in [0.3, 0.4) is 0 Å². The molecule has 0 amide bonds. The molecule has 2 aromatic heterocycles. The summed E-state index contributed by atoms with van der Waals surface area (Å²) in [5, 5.41) is 8.17. The van der Waals surface area contributed by atoms with Gasteiger partial charge in [-0.1, -0.05) is 19.3 Å². The van der Waals surface area contributed by atoms with Gasteiger partial charge in [0.25, 0.3) is 5.56 Å². The highest BCUT2D eigenvalue weighted by Crippen LogP contribution is 2.35. The van der Waals surface area contributed by atoms with Gasteiger partial charge >= 0.3 is 0 Å². The monoisotopic (exact) mass is 450 g/mol. The molecule has 176 valence electrons. The third kappa shape index (κ3) is 4.12. The van der Waals surface area contributed by atoms with E-state index in [4.69, 9.17) is 14.8 Å². The van der Waals surface area contributed by atoms with Crippen molar-refractivity contribution in [1.82, 2.24) is 24.9 Å². The Bertz CT molecular complexity index is 1190. The number of nitrogens with one attached hydrogen (secondary N) is 2. The summed E-state index contributed by atoms with van der Waals surface area (Å²) in [6, 6.07) is 6.72. The van der Waals surface area contributed by atoms with Crippen LogP contribution in [-0.2, 0) is 0 Å². The zero-order chi connectivity index (χ0) is 22.9. The van der Waals surface area contributed by atoms with Crippen LogP contribution in [0.4, 0.5) is 5.69 Å². The van der Waals surface area contributed by atoms with E-state index < -0.39 is 0 Å². The molecule has 1 aliphatic carbocycles. The third-order valence-electron chi connectivity index (χ3n) is 7.39. The molecular formula is C25H34N6O2. The molecule has 1 saturated heterocycles. The second-order valence-electron chi connectivity index (χ2n) is 9.38. The van der Waals surface area contributed by atoms with Crippen LogP contribution in [0.25, 0.3) is 16.9 Å². The molecular weight excluding hydrogens is 416 g/mol. The minimum atomic E-state index is -0.138. The van der Waals surface area contributed by atoms with E-state index in [9.17, 15) is 4.79 Å². The molecule has 1 aliphatic heterocycles. The maximum absolute atomic E-state index is 13.2. The molecule has 33 heavy (non-hydrogen) atoms. The molecule has 8 nitrogen and oxygen atoms in total. The summed E-state index contributed by atoms with van der Waals surface area (Å²) in [5.74, 6) is 2.30. The van der Waals surface area contributed by atoms with E-state index in [1.807, 2.05) is 26.1 Å². The molecule has 3 heterocycles. The molecule has 2 N–H and O–H groups in total. The van der Waals surface area contributed by atoms with Crippen molar-refractivity contribution in [2.24, 2.45) is 0 Å². The van der Waals surface area contributed by atoms with Crippen molar-refractivity contribution in [3.05, 3.63) is 40.1 Å². The summed E-state index contributed by atoms with van der Waals surface area (Å²) < 4.78 is 7.45. The van der Waals surface area contributed by atoms with Crippen molar-refractivity contribution in [1.29, 1.82) is 0 Å². The van der Waals surface area contributed by atoms with Crippen molar-refractivity contribution in [2.45, 2.75) is 63.8 Å². The summed E-state index contributed by atoms with van der Waals surface area (Å²) in [6.07, 6.45) is 8.08. The van der Waals surface area contributed by atoms with Crippen LogP contribution in [0.15, 0.2) is 23.0 Å². The minimum absolute atomic E-state index is 0.138. The van der Waals surface area contributed by atoms with Crippen LogP contribution in [-0.4, -0.2) is 52.9 Å². The quantitative estimate of drug-likeness (QED) is 0.617. The Morgan fingerprint density at radius 2 is 1.88 bits per heavy atom. The van der Waals surface area contributed by atoms with Crippen LogP contribution in [0.5, 0.6) is 5.75 Å². The number of rotatable bonds is 5. The molecule has 5 rings (SSSR count). The number of anilines is 1. The van der Waals surface area contributed by atoms with Crippen LogP contribution in [0.2, 0.25) is 0 Å².